The number of hydrogen-bond donors (Lipinski definition) is 2. The summed E-state index contributed by atoms with van der Waals surface area (Å²) in [4.78, 5) is 11.7. The highest BCUT2D eigenvalue weighted by atomic mass is 35.5. The molecule has 19 heavy (non-hydrogen) atoms. The fraction of sp³-hybridized carbons (Fsp3) is 0.417. The number of hydrogen-bond acceptors (Lipinski definition) is 2. The maximum Gasteiger partial charge on any atom is 0.389 e. The topological polar surface area (TPSA) is 55.1 Å². The molecule has 0 fully saturated rings. The summed E-state index contributed by atoms with van der Waals surface area (Å²) in [5.74, 6) is -0.438. The average molecular weight is 295 g/mol. The van der Waals surface area contributed by atoms with Gasteiger partial charge in [0.2, 0.25) is 0 Å². The van der Waals surface area contributed by atoms with Crippen molar-refractivity contribution in [1.29, 1.82) is 0 Å². The lowest BCUT2D eigenvalue weighted by Crippen LogP contribution is -2.25. The quantitative estimate of drug-likeness (QED) is 0.646. The van der Waals surface area contributed by atoms with Crippen LogP contribution in [0.4, 0.5) is 18.9 Å². The van der Waals surface area contributed by atoms with Gasteiger partial charge >= 0.3 is 6.18 Å². The van der Waals surface area contributed by atoms with Crippen molar-refractivity contribution in [2.45, 2.75) is 25.4 Å². The normalized spacial score (nSPS) is 11.4. The van der Waals surface area contributed by atoms with E-state index in [1.807, 2.05) is 0 Å². The van der Waals surface area contributed by atoms with Crippen LogP contribution < -0.4 is 11.1 Å². The third kappa shape index (κ3) is 5.83. The first-order valence-corrected chi connectivity index (χ1v) is 6.07. The monoisotopic (exact) mass is 294 g/mol. The summed E-state index contributed by atoms with van der Waals surface area (Å²) >= 11 is 5.73. The standard InChI is InChI=1S/C12H14ClF3N2O/c13-8-3-4-10(17)9(7-8)11(19)18-6-2-1-5-12(14,15)16/h3-4,7H,1-2,5-6,17H2,(H,18,19). The number of benzene rings is 1. The number of halogens is 4. The molecular weight excluding hydrogens is 281 g/mol. The average Bonchev–Trinajstić information content (AvgIpc) is 2.30. The third-order valence-corrected chi connectivity index (χ3v) is 2.67. The predicted octanol–water partition coefficient (Wildman–Crippen LogP) is 3.38. The number of nitrogens with two attached hydrogens (primary N) is 1. The molecule has 0 atom stereocenters. The molecule has 0 aliphatic carbocycles. The van der Waals surface area contributed by atoms with Gasteiger partial charge in [0.1, 0.15) is 0 Å². The van der Waals surface area contributed by atoms with Crippen LogP contribution in [-0.4, -0.2) is 18.6 Å². The molecule has 1 rings (SSSR count). The Labute approximate surface area is 113 Å². The van der Waals surface area contributed by atoms with Gasteiger partial charge in [-0.15, -0.1) is 0 Å². The van der Waals surface area contributed by atoms with E-state index in [0.29, 0.717) is 5.02 Å². The molecule has 0 heterocycles. The van der Waals surface area contributed by atoms with E-state index in [0.717, 1.165) is 0 Å². The number of amides is 1. The van der Waals surface area contributed by atoms with E-state index < -0.39 is 18.5 Å². The van der Waals surface area contributed by atoms with Gasteiger partial charge in [-0.05, 0) is 31.0 Å². The second-order valence-corrected chi connectivity index (χ2v) is 4.50. The van der Waals surface area contributed by atoms with Gasteiger partial charge in [-0.2, -0.15) is 13.2 Å². The van der Waals surface area contributed by atoms with E-state index >= 15 is 0 Å². The second kappa shape index (κ2) is 6.65. The maximum absolute atomic E-state index is 11.9. The van der Waals surface area contributed by atoms with E-state index in [4.69, 9.17) is 17.3 Å². The van der Waals surface area contributed by atoms with E-state index in [1.54, 1.807) is 6.07 Å². The maximum atomic E-state index is 11.9. The Balaban J connectivity index is 2.38. The van der Waals surface area contributed by atoms with Gasteiger partial charge in [0.15, 0.2) is 0 Å². The highest BCUT2D eigenvalue weighted by Crippen LogP contribution is 2.22. The minimum atomic E-state index is -4.15. The van der Waals surface area contributed by atoms with Crippen LogP contribution >= 0.6 is 11.6 Å². The zero-order chi connectivity index (χ0) is 14.5. The van der Waals surface area contributed by atoms with Gasteiger partial charge in [-0.3, -0.25) is 4.79 Å². The van der Waals surface area contributed by atoms with E-state index in [9.17, 15) is 18.0 Å². The van der Waals surface area contributed by atoms with Crippen molar-refractivity contribution in [2.75, 3.05) is 12.3 Å². The number of anilines is 1. The van der Waals surface area contributed by atoms with Crippen LogP contribution in [0.3, 0.4) is 0 Å². The molecule has 0 aliphatic heterocycles. The number of rotatable bonds is 5. The Morgan fingerprint density at radius 2 is 2.00 bits per heavy atom. The van der Waals surface area contributed by atoms with Crippen molar-refractivity contribution in [3.05, 3.63) is 28.8 Å². The van der Waals surface area contributed by atoms with Crippen LogP contribution in [0.25, 0.3) is 0 Å². The van der Waals surface area contributed by atoms with Crippen molar-refractivity contribution >= 4 is 23.2 Å². The van der Waals surface area contributed by atoms with Crippen molar-refractivity contribution in [1.82, 2.24) is 5.32 Å². The Hall–Kier alpha value is -1.43. The van der Waals surface area contributed by atoms with Crippen LogP contribution in [0.2, 0.25) is 5.02 Å². The zero-order valence-electron chi connectivity index (χ0n) is 10.1. The van der Waals surface area contributed by atoms with Crippen molar-refractivity contribution in [2.24, 2.45) is 0 Å². The van der Waals surface area contributed by atoms with Gasteiger partial charge in [-0.1, -0.05) is 11.6 Å². The summed E-state index contributed by atoms with van der Waals surface area (Å²) in [5, 5.41) is 2.88. The number of nitrogens with one attached hydrogen (secondary N) is 1. The number of nitrogen functional groups attached to an aromatic ring is 1. The first-order chi connectivity index (χ1) is 8.79. The highest BCUT2D eigenvalue weighted by Gasteiger charge is 2.25. The van der Waals surface area contributed by atoms with E-state index in [-0.39, 0.29) is 30.6 Å². The molecule has 0 saturated heterocycles. The van der Waals surface area contributed by atoms with Crippen molar-refractivity contribution in [3.8, 4) is 0 Å². The molecule has 1 aromatic carbocycles. The van der Waals surface area contributed by atoms with Gasteiger partial charge in [0.05, 0.1) is 5.56 Å². The number of carbonyl (C=O) groups is 1. The summed E-state index contributed by atoms with van der Waals surface area (Å²) < 4.78 is 35.7. The molecule has 0 bridgehead atoms. The van der Waals surface area contributed by atoms with Gasteiger partial charge in [0.25, 0.3) is 5.91 Å². The minimum absolute atomic E-state index is 0.0190. The second-order valence-electron chi connectivity index (χ2n) is 4.06. The summed E-state index contributed by atoms with van der Waals surface area (Å²) in [6.45, 7) is 0.168. The molecule has 0 aromatic heterocycles. The molecule has 1 amide bonds. The minimum Gasteiger partial charge on any atom is -0.398 e. The van der Waals surface area contributed by atoms with Crippen LogP contribution in [0.1, 0.15) is 29.6 Å². The summed E-state index contributed by atoms with van der Waals surface area (Å²) in [6.07, 6.45) is -4.76. The zero-order valence-corrected chi connectivity index (χ0v) is 10.8. The first kappa shape index (κ1) is 15.6. The number of carbonyl (C=O) groups excluding carboxylic acids is 1. The van der Waals surface area contributed by atoms with Gasteiger partial charge in [0, 0.05) is 23.7 Å². The molecule has 0 saturated carbocycles. The fourth-order valence-corrected chi connectivity index (χ4v) is 1.64. The molecule has 3 nitrogen and oxygen atoms in total. The molecule has 1 aromatic rings. The Morgan fingerprint density at radius 1 is 1.32 bits per heavy atom. The molecule has 0 aliphatic rings. The summed E-state index contributed by atoms with van der Waals surface area (Å²) in [5.41, 5.74) is 6.11. The smallest absolute Gasteiger partial charge is 0.389 e. The van der Waals surface area contributed by atoms with Crippen molar-refractivity contribution in [3.63, 3.8) is 0 Å². The van der Waals surface area contributed by atoms with Crippen LogP contribution in [0.5, 0.6) is 0 Å². The SMILES string of the molecule is Nc1ccc(Cl)cc1C(=O)NCCCCC(F)(F)F. The first-order valence-electron chi connectivity index (χ1n) is 5.69. The van der Waals surface area contributed by atoms with Crippen LogP contribution in [-0.2, 0) is 0 Å². The fourth-order valence-electron chi connectivity index (χ4n) is 1.47. The lowest BCUT2D eigenvalue weighted by atomic mass is 10.1. The van der Waals surface area contributed by atoms with Crippen LogP contribution in [0.15, 0.2) is 18.2 Å². The molecule has 7 heteroatoms. The van der Waals surface area contributed by atoms with E-state index in [1.165, 1.54) is 12.1 Å². The summed E-state index contributed by atoms with van der Waals surface area (Å²) in [6, 6.07) is 4.47. The van der Waals surface area contributed by atoms with Gasteiger partial charge < -0.3 is 11.1 Å². The predicted molar refractivity (Wildman–Crippen MR) is 68.1 cm³/mol. The Bertz CT molecular complexity index is 449. The molecule has 0 spiro atoms. The molecular formula is C12H14ClF3N2O. The lowest BCUT2D eigenvalue weighted by molar-refractivity contribution is -0.135. The largest absolute Gasteiger partial charge is 0.398 e. The van der Waals surface area contributed by atoms with Gasteiger partial charge in [-0.25, -0.2) is 0 Å². The Morgan fingerprint density at radius 3 is 2.63 bits per heavy atom. The Kier molecular flexibility index (Phi) is 5.47. The van der Waals surface area contributed by atoms with Crippen LogP contribution in [0, 0.1) is 0 Å². The number of alkyl halides is 3. The highest BCUT2D eigenvalue weighted by molar-refractivity contribution is 6.31. The lowest BCUT2D eigenvalue weighted by Gasteiger charge is -2.09. The molecule has 0 unspecified atom stereocenters. The van der Waals surface area contributed by atoms with E-state index in [2.05, 4.69) is 5.32 Å². The molecule has 106 valence electrons. The third-order valence-electron chi connectivity index (χ3n) is 2.43. The molecule has 3 N–H and O–H groups in total. The van der Waals surface area contributed by atoms with Crippen molar-refractivity contribution < 1.29 is 18.0 Å². The molecule has 0 radical (unpaired) electrons. The number of unbranched alkanes of at least 4 members (excludes halogenated alkanes) is 1. The summed E-state index contributed by atoms with van der Waals surface area (Å²) in [7, 11) is 0.